The molecule has 1 aliphatic heterocycles. The molecule has 4 nitrogen and oxygen atoms in total. The summed E-state index contributed by atoms with van der Waals surface area (Å²) in [5.41, 5.74) is 0.217. The first-order valence-electron chi connectivity index (χ1n) is 6.25. The quantitative estimate of drug-likeness (QED) is 0.904. The first kappa shape index (κ1) is 14.5. The minimum Gasteiger partial charge on any atom is -0.394 e. The number of hydrogen-bond acceptors (Lipinski definition) is 3. The molecule has 1 unspecified atom stereocenters. The Morgan fingerprint density at radius 1 is 1.47 bits per heavy atom. The summed E-state index contributed by atoms with van der Waals surface area (Å²) >= 11 is 3.35. The SMILES string of the molecule is CC1(C)CN(C(=O)c2ccc(Br)cc2)CC(CO)O1. The number of carbonyl (C=O) groups excluding carboxylic acids is 1. The fraction of sp³-hybridized carbons (Fsp3) is 0.500. The van der Waals surface area contributed by atoms with Gasteiger partial charge < -0.3 is 14.7 Å². The molecule has 1 atom stereocenters. The number of aliphatic hydroxyl groups is 1. The van der Waals surface area contributed by atoms with E-state index >= 15 is 0 Å². The van der Waals surface area contributed by atoms with Gasteiger partial charge in [0.1, 0.15) is 0 Å². The van der Waals surface area contributed by atoms with Crippen LogP contribution in [-0.4, -0.2) is 47.3 Å². The summed E-state index contributed by atoms with van der Waals surface area (Å²) in [5.74, 6) is -0.0256. The summed E-state index contributed by atoms with van der Waals surface area (Å²) in [6.07, 6.45) is -0.317. The van der Waals surface area contributed by atoms with Crippen molar-refractivity contribution < 1.29 is 14.6 Å². The molecule has 1 aromatic rings. The lowest BCUT2D eigenvalue weighted by atomic mass is 10.0. The van der Waals surface area contributed by atoms with E-state index in [9.17, 15) is 9.90 Å². The molecule has 1 amide bonds. The van der Waals surface area contributed by atoms with Crippen molar-refractivity contribution in [2.75, 3.05) is 19.7 Å². The van der Waals surface area contributed by atoms with Gasteiger partial charge >= 0.3 is 0 Å². The van der Waals surface area contributed by atoms with Crippen LogP contribution in [0.5, 0.6) is 0 Å². The molecule has 0 spiro atoms. The van der Waals surface area contributed by atoms with Crippen molar-refractivity contribution in [3.8, 4) is 0 Å². The fourth-order valence-corrected chi connectivity index (χ4v) is 2.58. The minimum absolute atomic E-state index is 0.0256. The van der Waals surface area contributed by atoms with Crippen LogP contribution in [0, 0.1) is 0 Å². The molecule has 0 bridgehead atoms. The van der Waals surface area contributed by atoms with Gasteiger partial charge in [-0.3, -0.25) is 4.79 Å². The molecular weight excluding hydrogens is 310 g/mol. The number of carbonyl (C=O) groups is 1. The molecule has 1 saturated heterocycles. The highest BCUT2D eigenvalue weighted by atomic mass is 79.9. The van der Waals surface area contributed by atoms with Crippen LogP contribution < -0.4 is 0 Å². The lowest BCUT2D eigenvalue weighted by Crippen LogP contribution is -2.55. The summed E-state index contributed by atoms with van der Waals surface area (Å²) in [6.45, 7) is 4.73. The lowest BCUT2D eigenvalue weighted by Gasteiger charge is -2.42. The molecule has 0 radical (unpaired) electrons. The second kappa shape index (κ2) is 5.61. The molecule has 19 heavy (non-hydrogen) atoms. The topological polar surface area (TPSA) is 49.8 Å². The molecule has 2 rings (SSSR count). The van der Waals surface area contributed by atoms with E-state index in [1.807, 2.05) is 26.0 Å². The number of rotatable bonds is 2. The van der Waals surface area contributed by atoms with Crippen molar-refractivity contribution in [3.63, 3.8) is 0 Å². The van der Waals surface area contributed by atoms with Crippen LogP contribution in [0.3, 0.4) is 0 Å². The fourth-order valence-electron chi connectivity index (χ4n) is 2.32. The van der Waals surface area contributed by atoms with E-state index in [4.69, 9.17) is 4.74 Å². The van der Waals surface area contributed by atoms with Crippen molar-refractivity contribution in [1.82, 2.24) is 4.90 Å². The zero-order valence-corrected chi connectivity index (χ0v) is 12.7. The Hall–Kier alpha value is -0.910. The maximum absolute atomic E-state index is 12.4. The van der Waals surface area contributed by atoms with Gasteiger partial charge in [0.05, 0.1) is 18.3 Å². The molecular formula is C14H18BrNO3. The number of ether oxygens (including phenoxy) is 1. The highest BCUT2D eigenvalue weighted by molar-refractivity contribution is 9.10. The second-order valence-electron chi connectivity index (χ2n) is 5.37. The summed E-state index contributed by atoms with van der Waals surface area (Å²) in [4.78, 5) is 14.2. The van der Waals surface area contributed by atoms with Gasteiger partial charge in [-0.25, -0.2) is 0 Å². The van der Waals surface area contributed by atoms with Gasteiger partial charge in [0.15, 0.2) is 0 Å². The molecule has 0 aromatic heterocycles. The predicted octanol–water partition coefficient (Wildman–Crippen LogP) is 2.06. The molecule has 1 aliphatic rings. The molecule has 104 valence electrons. The van der Waals surface area contributed by atoms with Crippen LogP contribution in [0.1, 0.15) is 24.2 Å². The smallest absolute Gasteiger partial charge is 0.254 e. The minimum atomic E-state index is -0.434. The third-order valence-electron chi connectivity index (χ3n) is 3.06. The molecule has 1 aromatic carbocycles. The van der Waals surface area contributed by atoms with Crippen molar-refractivity contribution in [3.05, 3.63) is 34.3 Å². The van der Waals surface area contributed by atoms with Crippen molar-refractivity contribution in [2.45, 2.75) is 25.6 Å². The monoisotopic (exact) mass is 327 g/mol. The van der Waals surface area contributed by atoms with E-state index in [-0.39, 0.29) is 18.6 Å². The highest BCUT2D eigenvalue weighted by Crippen LogP contribution is 2.22. The van der Waals surface area contributed by atoms with Gasteiger partial charge in [0, 0.05) is 23.1 Å². The van der Waals surface area contributed by atoms with Gasteiger partial charge in [-0.05, 0) is 38.1 Å². The van der Waals surface area contributed by atoms with Gasteiger partial charge in [-0.15, -0.1) is 0 Å². The van der Waals surface area contributed by atoms with Crippen molar-refractivity contribution in [1.29, 1.82) is 0 Å². The van der Waals surface area contributed by atoms with Crippen LogP contribution in [0.2, 0.25) is 0 Å². The number of amides is 1. The van der Waals surface area contributed by atoms with Gasteiger partial charge in [-0.2, -0.15) is 0 Å². The Kier molecular flexibility index (Phi) is 4.28. The Morgan fingerprint density at radius 2 is 2.11 bits per heavy atom. The average molecular weight is 328 g/mol. The van der Waals surface area contributed by atoms with Crippen LogP contribution in [0.15, 0.2) is 28.7 Å². The zero-order valence-electron chi connectivity index (χ0n) is 11.1. The second-order valence-corrected chi connectivity index (χ2v) is 6.29. The third kappa shape index (κ3) is 3.55. The zero-order chi connectivity index (χ0) is 14.0. The van der Waals surface area contributed by atoms with Crippen LogP contribution in [0.25, 0.3) is 0 Å². The Balaban J connectivity index is 2.16. The number of benzene rings is 1. The van der Waals surface area contributed by atoms with Gasteiger partial charge in [0.2, 0.25) is 0 Å². The maximum atomic E-state index is 12.4. The average Bonchev–Trinajstić information content (AvgIpc) is 2.37. The summed E-state index contributed by atoms with van der Waals surface area (Å²) in [7, 11) is 0. The molecule has 5 heteroatoms. The number of nitrogens with zero attached hydrogens (tertiary/aromatic N) is 1. The first-order valence-corrected chi connectivity index (χ1v) is 7.04. The largest absolute Gasteiger partial charge is 0.394 e. The molecule has 0 aliphatic carbocycles. The molecule has 1 N–H and O–H groups in total. The predicted molar refractivity (Wildman–Crippen MR) is 76.1 cm³/mol. The van der Waals surface area contributed by atoms with Crippen LogP contribution in [0.4, 0.5) is 0 Å². The Bertz CT molecular complexity index is 458. The summed E-state index contributed by atoms with van der Waals surface area (Å²) in [5, 5.41) is 9.26. The maximum Gasteiger partial charge on any atom is 0.254 e. The van der Waals surface area contributed by atoms with E-state index in [0.29, 0.717) is 18.7 Å². The van der Waals surface area contributed by atoms with Crippen LogP contribution >= 0.6 is 15.9 Å². The lowest BCUT2D eigenvalue weighted by molar-refractivity contribution is -0.139. The Labute approximate surface area is 121 Å². The van der Waals surface area contributed by atoms with Gasteiger partial charge in [0.25, 0.3) is 5.91 Å². The number of morpholine rings is 1. The van der Waals surface area contributed by atoms with Crippen molar-refractivity contribution >= 4 is 21.8 Å². The normalized spacial score (nSPS) is 22.3. The van der Waals surface area contributed by atoms with E-state index in [0.717, 1.165) is 4.47 Å². The van der Waals surface area contributed by atoms with E-state index in [2.05, 4.69) is 15.9 Å². The van der Waals surface area contributed by atoms with Crippen LogP contribution in [-0.2, 0) is 4.74 Å². The number of hydrogen-bond donors (Lipinski definition) is 1. The molecule has 0 saturated carbocycles. The number of aliphatic hydroxyl groups excluding tert-OH is 1. The number of halogens is 1. The van der Waals surface area contributed by atoms with Crippen molar-refractivity contribution in [2.24, 2.45) is 0 Å². The third-order valence-corrected chi connectivity index (χ3v) is 3.59. The molecule has 1 heterocycles. The summed E-state index contributed by atoms with van der Waals surface area (Å²) in [6, 6.07) is 7.29. The summed E-state index contributed by atoms with van der Waals surface area (Å²) < 4.78 is 6.65. The van der Waals surface area contributed by atoms with E-state index < -0.39 is 5.60 Å². The van der Waals surface area contributed by atoms with Gasteiger partial charge in [-0.1, -0.05) is 15.9 Å². The molecule has 1 fully saturated rings. The highest BCUT2D eigenvalue weighted by Gasteiger charge is 2.35. The van der Waals surface area contributed by atoms with E-state index in [1.54, 1.807) is 17.0 Å². The first-order chi connectivity index (χ1) is 8.91. The van der Waals surface area contributed by atoms with E-state index in [1.165, 1.54) is 0 Å². The Morgan fingerprint density at radius 3 is 2.68 bits per heavy atom. The standard InChI is InChI=1S/C14H18BrNO3/c1-14(2)9-16(7-12(8-17)19-14)13(18)10-3-5-11(15)6-4-10/h3-6,12,17H,7-9H2,1-2H3.